The Bertz CT molecular complexity index is 805. The van der Waals surface area contributed by atoms with Gasteiger partial charge in [0.15, 0.2) is 0 Å². The molecule has 2 aromatic rings. The number of hydrogen-bond acceptors (Lipinski definition) is 3. The molecule has 0 spiro atoms. The van der Waals surface area contributed by atoms with Crippen molar-refractivity contribution in [3.63, 3.8) is 0 Å². The van der Waals surface area contributed by atoms with Crippen LogP contribution in [0.1, 0.15) is 25.7 Å². The number of nitrogens with zero attached hydrogens (tertiary/aromatic N) is 1. The Hall–Kier alpha value is -1.85. The van der Waals surface area contributed by atoms with E-state index in [4.69, 9.17) is 0 Å². The van der Waals surface area contributed by atoms with Crippen LogP contribution >= 0.6 is 11.8 Å². The number of hydrogen-bond donors (Lipinski definition) is 1. The van der Waals surface area contributed by atoms with E-state index in [0.29, 0.717) is 6.04 Å². The monoisotopic (exact) mass is 398 g/mol. The first-order valence-electron chi connectivity index (χ1n) is 10.2. The molecule has 0 saturated carbocycles. The van der Waals surface area contributed by atoms with Gasteiger partial charge in [0.25, 0.3) is 0 Å². The lowest BCUT2D eigenvalue weighted by molar-refractivity contribution is -0.121. The largest absolute Gasteiger partial charge is 0.326 e. The van der Waals surface area contributed by atoms with Gasteiger partial charge in [0.05, 0.1) is 5.92 Å². The van der Waals surface area contributed by atoms with E-state index in [1.807, 2.05) is 42.1 Å². The van der Waals surface area contributed by atoms with Crippen LogP contribution in [0.5, 0.6) is 0 Å². The van der Waals surface area contributed by atoms with E-state index in [9.17, 15) is 9.18 Å². The number of benzene rings is 2. The lowest BCUT2D eigenvalue weighted by Gasteiger charge is -2.39. The molecular formula is C23H27FN2OS. The lowest BCUT2D eigenvalue weighted by Crippen LogP contribution is -2.47. The average molecular weight is 399 g/mol. The topological polar surface area (TPSA) is 32.3 Å². The maximum absolute atomic E-state index is 13.4. The Balaban J connectivity index is 1.36. The van der Waals surface area contributed by atoms with Crippen molar-refractivity contribution < 1.29 is 9.18 Å². The number of carbonyl (C=O) groups excluding carboxylic acids is 1. The molecule has 1 atom stereocenters. The second kappa shape index (κ2) is 9.10. The van der Waals surface area contributed by atoms with E-state index in [2.05, 4.69) is 10.2 Å². The maximum atomic E-state index is 13.4. The minimum atomic E-state index is -0.242. The van der Waals surface area contributed by atoms with Crippen molar-refractivity contribution in [1.29, 1.82) is 0 Å². The molecule has 2 aliphatic rings. The number of rotatable bonds is 4. The highest BCUT2D eigenvalue weighted by molar-refractivity contribution is 7.99. The predicted octanol–water partition coefficient (Wildman–Crippen LogP) is 5.04. The lowest BCUT2D eigenvalue weighted by atomic mass is 9.94. The van der Waals surface area contributed by atoms with Crippen LogP contribution in [0.2, 0.25) is 0 Å². The molecule has 4 rings (SSSR count). The van der Waals surface area contributed by atoms with E-state index in [1.165, 1.54) is 36.5 Å². The van der Waals surface area contributed by atoms with E-state index < -0.39 is 0 Å². The molecule has 1 N–H and O–H groups in total. The number of likely N-dealkylation sites (tertiary alicyclic amines) is 1. The van der Waals surface area contributed by atoms with Crippen molar-refractivity contribution in [3.05, 3.63) is 54.3 Å². The fourth-order valence-corrected chi connectivity index (χ4v) is 5.34. The average Bonchev–Trinajstić information content (AvgIpc) is 2.75. The van der Waals surface area contributed by atoms with Crippen LogP contribution in [0, 0.1) is 11.7 Å². The van der Waals surface area contributed by atoms with Crippen molar-refractivity contribution in [2.24, 2.45) is 5.92 Å². The van der Waals surface area contributed by atoms with Gasteiger partial charge in [0, 0.05) is 18.3 Å². The molecule has 2 saturated heterocycles. The van der Waals surface area contributed by atoms with Crippen LogP contribution in [0.25, 0.3) is 11.1 Å². The fraction of sp³-hybridized carbons (Fsp3) is 0.435. The summed E-state index contributed by atoms with van der Waals surface area (Å²) in [6.07, 6.45) is 4.56. The van der Waals surface area contributed by atoms with Gasteiger partial charge in [-0.2, -0.15) is 11.8 Å². The molecule has 0 aromatic heterocycles. The van der Waals surface area contributed by atoms with Crippen molar-refractivity contribution in [1.82, 2.24) is 4.90 Å². The smallest absolute Gasteiger partial charge is 0.228 e. The van der Waals surface area contributed by atoms with Crippen molar-refractivity contribution in [2.75, 3.05) is 29.9 Å². The highest BCUT2D eigenvalue weighted by atomic mass is 32.2. The van der Waals surface area contributed by atoms with Crippen molar-refractivity contribution in [3.8, 4) is 11.1 Å². The first-order chi connectivity index (χ1) is 13.7. The number of halogens is 1. The van der Waals surface area contributed by atoms with E-state index in [-0.39, 0.29) is 17.6 Å². The SMILES string of the molecule is O=C(Nc1ccc(-c2cccc(F)c2)cc1)[C@H]1CCCN(C2CCSCC2)C1. The minimum Gasteiger partial charge on any atom is -0.326 e. The summed E-state index contributed by atoms with van der Waals surface area (Å²) in [6.45, 7) is 2.00. The number of nitrogens with one attached hydrogen (secondary N) is 1. The predicted molar refractivity (Wildman–Crippen MR) is 115 cm³/mol. The van der Waals surface area contributed by atoms with Crippen LogP contribution in [0.4, 0.5) is 10.1 Å². The van der Waals surface area contributed by atoms with Gasteiger partial charge >= 0.3 is 0 Å². The van der Waals surface area contributed by atoms with Gasteiger partial charge in [-0.3, -0.25) is 9.69 Å². The van der Waals surface area contributed by atoms with Gasteiger partial charge in [-0.05, 0) is 79.1 Å². The molecule has 2 aromatic carbocycles. The Labute approximate surface area is 170 Å². The van der Waals surface area contributed by atoms with Gasteiger partial charge in [-0.1, -0.05) is 24.3 Å². The van der Waals surface area contributed by atoms with E-state index in [1.54, 1.807) is 6.07 Å². The molecule has 148 valence electrons. The molecule has 0 bridgehead atoms. The first-order valence-corrected chi connectivity index (χ1v) is 11.3. The molecule has 28 heavy (non-hydrogen) atoms. The molecule has 2 heterocycles. The molecule has 2 fully saturated rings. The summed E-state index contributed by atoms with van der Waals surface area (Å²) in [4.78, 5) is 15.3. The summed E-state index contributed by atoms with van der Waals surface area (Å²) in [5, 5.41) is 3.08. The highest BCUT2D eigenvalue weighted by Gasteiger charge is 2.30. The molecule has 2 aliphatic heterocycles. The molecule has 1 amide bonds. The van der Waals surface area contributed by atoms with Gasteiger partial charge < -0.3 is 5.32 Å². The fourth-order valence-electron chi connectivity index (χ4n) is 4.26. The van der Waals surface area contributed by atoms with Crippen LogP contribution in [0.3, 0.4) is 0 Å². The third-order valence-electron chi connectivity index (χ3n) is 5.84. The Morgan fingerprint density at radius 3 is 2.57 bits per heavy atom. The molecule has 0 radical (unpaired) electrons. The van der Waals surface area contributed by atoms with Gasteiger partial charge in [-0.25, -0.2) is 4.39 Å². The highest BCUT2D eigenvalue weighted by Crippen LogP contribution is 2.27. The summed E-state index contributed by atoms with van der Waals surface area (Å²) in [5.74, 6) is 2.43. The van der Waals surface area contributed by atoms with Gasteiger partial charge in [0.1, 0.15) is 5.82 Å². The number of carbonyl (C=O) groups is 1. The zero-order valence-corrected chi connectivity index (χ0v) is 16.9. The van der Waals surface area contributed by atoms with Crippen LogP contribution in [0.15, 0.2) is 48.5 Å². The van der Waals surface area contributed by atoms with Crippen LogP contribution in [-0.2, 0) is 4.79 Å². The zero-order valence-electron chi connectivity index (χ0n) is 16.1. The second-order valence-electron chi connectivity index (χ2n) is 7.75. The number of thioether (sulfide) groups is 1. The molecule has 5 heteroatoms. The van der Waals surface area contributed by atoms with Crippen molar-refractivity contribution >= 4 is 23.4 Å². The quantitative estimate of drug-likeness (QED) is 0.783. The maximum Gasteiger partial charge on any atom is 0.228 e. The first kappa shape index (κ1) is 19.5. The Morgan fingerprint density at radius 1 is 1.04 bits per heavy atom. The number of piperidine rings is 1. The summed E-state index contributed by atoms with van der Waals surface area (Å²) in [5.41, 5.74) is 2.58. The third-order valence-corrected chi connectivity index (χ3v) is 6.89. The zero-order chi connectivity index (χ0) is 19.3. The Kier molecular flexibility index (Phi) is 6.33. The summed E-state index contributed by atoms with van der Waals surface area (Å²) in [7, 11) is 0. The van der Waals surface area contributed by atoms with E-state index >= 15 is 0 Å². The third kappa shape index (κ3) is 4.76. The second-order valence-corrected chi connectivity index (χ2v) is 8.98. The van der Waals surface area contributed by atoms with Gasteiger partial charge in [0.2, 0.25) is 5.91 Å². The normalized spacial score (nSPS) is 21.4. The molecular weight excluding hydrogens is 371 g/mol. The Morgan fingerprint density at radius 2 is 1.82 bits per heavy atom. The summed E-state index contributed by atoms with van der Waals surface area (Å²) >= 11 is 2.05. The summed E-state index contributed by atoms with van der Waals surface area (Å²) in [6, 6.07) is 14.9. The summed E-state index contributed by atoms with van der Waals surface area (Å²) < 4.78 is 13.4. The minimum absolute atomic E-state index is 0.0613. The molecule has 0 aliphatic carbocycles. The number of anilines is 1. The van der Waals surface area contributed by atoms with Crippen molar-refractivity contribution in [2.45, 2.75) is 31.7 Å². The van der Waals surface area contributed by atoms with E-state index in [0.717, 1.165) is 42.7 Å². The van der Waals surface area contributed by atoms with Crippen LogP contribution in [-0.4, -0.2) is 41.4 Å². The van der Waals surface area contributed by atoms with Gasteiger partial charge in [-0.15, -0.1) is 0 Å². The molecule has 3 nitrogen and oxygen atoms in total. The number of amides is 1. The van der Waals surface area contributed by atoms with Crippen LogP contribution < -0.4 is 5.32 Å². The molecule has 0 unspecified atom stereocenters. The standard InChI is InChI=1S/C23H27FN2OS/c24-20-5-1-3-18(15-20)17-6-8-21(9-7-17)25-23(27)19-4-2-12-26(16-19)22-10-13-28-14-11-22/h1,3,5-9,15,19,22H,2,4,10-14,16H2,(H,25,27)/t19-/m0/s1.